The van der Waals surface area contributed by atoms with Gasteiger partial charge in [0.15, 0.2) is 15.8 Å². The van der Waals surface area contributed by atoms with Gasteiger partial charge in [0.25, 0.3) is 5.91 Å². The van der Waals surface area contributed by atoms with Crippen molar-refractivity contribution in [2.75, 3.05) is 30.9 Å². The molecule has 3 aromatic rings. The minimum Gasteiger partial charge on any atom is -0.489 e. The number of carbonyl (C=O) groups excluding carboxylic acids is 1. The first-order valence-electron chi connectivity index (χ1n) is 9.44. The predicted octanol–water partition coefficient (Wildman–Crippen LogP) is 4.03. The van der Waals surface area contributed by atoms with Gasteiger partial charge in [-0.3, -0.25) is 10.1 Å². The van der Waals surface area contributed by atoms with Crippen LogP contribution in [-0.2, 0) is 4.74 Å². The van der Waals surface area contributed by atoms with Gasteiger partial charge in [0.1, 0.15) is 5.82 Å². The molecule has 0 aliphatic carbocycles. The van der Waals surface area contributed by atoms with E-state index in [1.807, 2.05) is 13.8 Å². The second-order valence-electron chi connectivity index (χ2n) is 5.98. The molecule has 3 rings (SSSR count). The molecule has 0 fully saturated rings. The summed E-state index contributed by atoms with van der Waals surface area (Å²) in [5.74, 6) is 0.295. The van der Waals surface area contributed by atoms with Crippen molar-refractivity contribution in [2.24, 2.45) is 0 Å². The van der Waals surface area contributed by atoms with Gasteiger partial charge >= 0.3 is 0 Å². The topological polar surface area (TPSA) is 91.2 Å². The fourth-order valence-corrected chi connectivity index (χ4v) is 4.04. The molecule has 2 heterocycles. The van der Waals surface area contributed by atoms with Crippen molar-refractivity contribution in [3.8, 4) is 11.4 Å². The number of halogens is 1. The molecule has 1 aromatic carbocycles. The van der Waals surface area contributed by atoms with Crippen LogP contribution >= 0.6 is 23.1 Å². The first kappa shape index (κ1) is 22.2. The Morgan fingerprint density at radius 2 is 2.03 bits per heavy atom. The van der Waals surface area contributed by atoms with Crippen LogP contribution in [0.5, 0.6) is 5.75 Å². The SMILES string of the molecule is CCCOc1cn(-c2ccc(F)cc2)nc1C(=O)Nc1nnc(SCCOCC)s1. The van der Waals surface area contributed by atoms with Crippen LogP contribution in [-0.4, -0.2) is 51.5 Å². The Morgan fingerprint density at radius 1 is 1.23 bits per heavy atom. The molecule has 0 aliphatic rings. The lowest BCUT2D eigenvalue weighted by molar-refractivity contribution is 0.101. The molecule has 0 bridgehead atoms. The number of nitrogens with one attached hydrogen (secondary N) is 1. The number of hydrogen-bond acceptors (Lipinski definition) is 8. The lowest BCUT2D eigenvalue weighted by atomic mass is 10.3. The fraction of sp³-hybridized carbons (Fsp3) is 0.368. The summed E-state index contributed by atoms with van der Waals surface area (Å²) < 4.78 is 26.4. The molecule has 1 N–H and O–H groups in total. The largest absolute Gasteiger partial charge is 0.489 e. The zero-order valence-electron chi connectivity index (χ0n) is 16.6. The number of aromatic nitrogens is 4. The molecule has 0 saturated carbocycles. The summed E-state index contributed by atoms with van der Waals surface area (Å²) in [6, 6.07) is 5.80. The van der Waals surface area contributed by atoms with E-state index in [0.717, 1.165) is 16.5 Å². The third-order valence-corrected chi connectivity index (χ3v) is 5.67. The molecule has 0 unspecified atom stereocenters. The molecule has 8 nitrogen and oxygen atoms in total. The smallest absolute Gasteiger partial charge is 0.281 e. The van der Waals surface area contributed by atoms with Gasteiger partial charge in [0.05, 0.1) is 25.1 Å². The molecular weight excluding hydrogens is 429 g/mol. The number of amides is 1. The molecule has 11 heteroatoms. The molecule has 1 amide bonds. The van der Waals surface area contributed by atoms with E-state index in [9.17, 15) is 9.18 Å². The predicted molar refractivity (Wildman–Crippen MR) is 114 cm³/mol. The maximum atomic E-state index is 13.2. The fourth-order valence-electron chi connectivity index (χ4n) is 2.37. The van der Waals surface area contributed by atoms with Crippen molar-refractivity contribution in [2.45, 2.75) is 24.6 Å². The van der Waals surface area contributed by atoms with Gasteiger partial charge in [0, 0.05) is 12.4 Å². The van der Waals surface area contributed by atoms with E-state index in [4.69, 9.17) is 9.47 Å². The average Bonchev–Trinajstić information content (AvgIpc) is 3.37. The minimum atomic E-state index is -0.455. The van der Waals surface area contributed by atoms with E-state index >= 15 is 0 Å². The van der Waals surface area contributed by atoms with Crippen LogP contribution in [0.1, 0.15) is 30.8 Å². The maximum absolute atomic E-state index is 13.2. The Hall–Kier alpha value is -2.50. The molecule has 0 aliphatic heterocycles. The number of thioether (sulfide) groups is 1. The third-order valence-electron chi connectivity index (χ3n) is 3.73. The summed E-state index contributed by atoms with van der Waals surface area (Å²) in [6.07, 6.45) is 2.38. The molecule has 160 valence electrons. The number of carbonyl (C=O) groups is 1. The van der Waals surface area contributed by atoms with Crippen molar-refractivity contribution in [1.29, 1.82) is 0 Å². The maximum Gasteiger partial charge on any atom is 0.281 e. The second kappa shape index (κ2) is 11.0. The summed E-state index contributed by atoms with van der Waals surface area (Å²) in [6.45, 7) is 5.65. The average molecular weight is 452 g/mol. The quantitative estimate of drug-likeness (QED) is 0.267. The van der Waals surface area contributed by atoms with Crippen LogP contribution in [0.25, 0.3) is 5.69 Å². The summed E-state index contributed by atoms with van der Waals surface area (Å²) >= 11 is 2.79. The Labute approximate surface area is 181 Å². The zero-order valence-corrected chi connectivity index (χ0v) is 18.3. The molecule has 0 radical (unpaired) electrons. The van der Waals surface area contributed by atoms with Crippen molar-refractivity contribution >= 4 is 34.1 Å². The minimum absolute atomic E-state index is 0.119. The summed E-state index contributed by atoms with van der Waals surface area (Å²) in [7, 11) is 0. The molecule has 0 spiro atoms. The van der Waals surface area contributed by atoms with E-state index in [1.165, 1.54) is 39.9 Å². The van der Waals surface area contributed by atoms with Crippen LogP contribution in [0.3, 0.4) is 0 Å². The normalized spacial score (nSPS) is 10.9. The molecule has 30 heavy (non-hydrogen) atoms. The molecule has 0 atom stereocenters. The van der Waals surface area contributed by atoms with Crippen LogP contribution in [0.15, 0.2) is 34.8 Å². The Morgan fingerprint density at radius 3 is 2.77 bits per heavy atom. The van der Waals surface area contributed by atoms with Crippen LogP contribution in [0.4, 0.5) is 9.52 Å². The van der Waals surface area contributed by atoms with E-state index in [2.05, 4.69) is 20.6 Å². The van der Waals surface area contributed by atoms with Crippen LogP contribution in [0.2, 0.25) is 0 Å². The Bertz CT molecular complexity index is 961. The first-order valence-corrected chi connectivity index (χ1v) is 11.2. The van der Waals surface area contributed by atoms with Gasteiger partial charge in [-0.05, 0) is 37.6 Å². The third kappa shape index (κ3) is 6.00. The van der Waals surface area contributed by atoms with Crippen molar-refractivity contribution in [1.82, 2.24) is 20.0 Å². The standard InChI is InChI=1S/C19H22FN5O3S2/c1-3-9-28-15-12-25(14-7-5-13(20)6-8-14)24-16(15)17(26)21-18-22-23-19(30-18)29-11-10-27-4-2/h5-8,12H,3-4,9-11H2,1-2H3,(H,21,22,26). The monoisotopic (exact) mass is 451 g/mol. The van der Waals surface area contributed by atoms with E-state index in [1.54, 1.807) is 18.3 Å². The van der Waals surface area contributed by atoms with Crippen LogP contribution < -0.4 is 10.1 Å². The van der Waals surface area contributed by atoms with E-state index in [0.29, 0.717) is 36.4 Å². The first-order chi connectivity index (χ1) is 14.6. The molecule has 2 aromatic heterocycles. The Kier molecular flexibility index (Phi) is 8.17. The number of rotatable bonds is 11. The van der Waals surface area contributed by atoms with E-state index in [-0.39, 0.29) is 11.5 Å². The highest BCUT2D eigenvalue weighted by molar-refractivity contribution is 8.01. The number of ether oxygens (including phenoxy) is 2. The molecular formula is C19H22FN5O3S2. The van der Waals surface area contributed by atoms with Gasteiger partial charge in [-0.2, -0.15) is 5.10 Å². The van der Waals surface area contributed by atoms with Gasteiger partial charge in [0.2, 0.25) is 5.13 Å². The highest BCUT2D eigenvalue weighted by Gasteiger charge is 2.20. The van der Waals surface area contributed by atoms with Gasteiger partial charge in [-0.25, -0.2) is 9.07 Å². The van der Waals surface area contributed by atoms with Crippen LogP contribution in [0, 0.1) is 5.82 Å². The summed E-state index contributed by atoms with van der Waals surface area (Å²) in [5, 5.41) is 15.5. The van der Waals surface area contributed by atoms with Gasteiger partial charge in [-0.1, -0.05) is 30.0 Å². The number of hydrogen-bond donors (Lipinski definition) is 1. The van der Waals surface area contributed by atoms with E-state index < -0.39 is 5.91 Å². The Balaban J connectivity index is 1.72. The summed E-state index contributed by atoms with van der Waals surface area (Å²) in [5.41, 5.74) is 0.731. The highest BCUT2D eigenvalue weighted by atomic mass is 32.2. The lowest BCUT2D eigenvalue weighted by Gasteiger charge is -2.03. The number of anilines is 1. The molecule has 0 saturated heterocycles. The zero-order chi connectivity index (χ0) is 21.3. The van der Waals surface area contributed by atoms with Gasteiger partial charge < -0.3 is 9.47 Å². The highest BCUT2D eigenvalue weighted by Crippen LogP contribution is 2.27. The van der Waals surface area contributed by atoms with Crippen molar-refractivity contribution < 1.29 is 18.7 Å². The number of benzene rings is 1. The van der Waals surface area contributed by atoms with Gasteiger partial charge in [-0.15, -0.1) is 10.2 Å². The second-order valence-corrected chi connectivity index (χ2v) is 8.30. The van der Waals surface area contributed by atoms with Crippen molar-refractivity contribution in [3.63, 3.8) is 0 Å². The number of nitrogens with zero attached hydrogens (tertiary/aromatic N) is 4. The summed E-state index contributed by atoms with van der Waals surface area (Å²) in [4.78, 5) is 12.8. The lowest BCUT2D eigenvalue weighted by Crippen LogP contribution is -2.14. The van der Waals surface area contributed by atoms with Crippen molar-refractivity contribution in [3.05, 3.63) is 42.0 Å².